The Morgan fingerprint density at radius 1 is 1.19 bits per heavy atom. The minimum atomic E-state index is 0.578. The quantitative estimate of drug-likeness (QED) is 0.773. The molecule has 3 fully saturated rings. The Morgan fingerprint density at radius 3 is 2.62 bits per heavy atom. The number of hydrogen-bond acceptors (Lipinski definition) is 2. The molecule has 2 heteroatoms. The van der Waals surface area contributed by atoms with Gasteiger partial charge in [0.15, 0.2) is 0 Å². The second-order valence-electron chi connectivity index (χ2n) is 5.94. The fraction of sp³-hybridized carbons (Fsp3) is 1.00. The molecule has 3 aliphatic rings. The zero-order valence-corrected chi connectivity index (χ0v) is 10.5. The number of ether oxygens (including phenoxy) is 1. The molecule has 0 radical (unpaired) electrons. The fourth-order valence-corrected chi connectivity index (χ4v) is 4.24. The molecule has 0 aromatic rings. The monoisotopic (exact) mass is 223 g/mol. The van der Waals surface area contributed by atoms with Crippen molar-refractivity contribution in [1.82, 2.24) is 5.32 Å². The Bertz CT molecular complexity index is 227. The van der Waals surface area contributed by atoms with Gasteiger partial charge in [-0.3, -0.25) is 0 Å². The van der Waals surface area contributed by atoms with Gasteiger partial charge in [-0.1, -0.05) is 6.42 Å². The van der Waals surface area contributed by atoms with Crippen molar-refractivity contribution in [3.05, 3.63) is 0 Å². The highest BCUT2D eigenvalue weighted by molar-refractivity contribution is 5.06. The summed E-state index contributed by atoms with van der Waals surface area (Å²) in [5, 5.41) is 3.56. The Hall–Kier alpha value is -0.0800. The minimum absolute atomic E-state index is 0.578. The molecule has 1 heterocycles. The van der Waals surface area contributed by atoms with Crippen LogP contribution in [0.15, 0.2) is 0 Å². The van der Waals surface area contributed by atoms with E-state index in [1.54, 1.807) is 0 Å². The van der Waals surface area contributed by atoms with Gasteiger partial charge in [0.2, 0.25) is 0 Å². The molecule has 2 saturated carbocycles. The molecule has 1 saturated heterocycles. The maximum atomic E-state index is 5.71. The van der Waals surface area contributed by atoms with Crippen LogP contribution in [0, 0.1) is 17.8 Å². The lowest BCUT2D eigenvalue weighted by atomic mass is 9.98. The van der Waals surface area contributed by atoms with Crippen LogP contribution in [0.2, 0.25) is 0 Å². The van der Waals surface area contributed by atoms with Crippen LogP contribution < -0.4 is 5.32 Å². The first kappa shape index (κ1) is 11.0. The molecule has 0 bridgehead atoms. The van der Waals surface area contributed by atoms with Crippen molar-refractivity contribution < 1.29 is 4.74 Å². The zero-order valence-electron chi connectivity index (χ0n) is 10.5. The van der Waals surface area contributed by atoms with E-state index in [9.17, 15) is 0 Å². The number of hydrogen-bond donors (Lipinski definition) is 1. The van der Waals surface area contributed by atoms with Gasteiger partial charge >= 0.3 is 0 Å². The Kier molecular flexibility index (Phi) is 3.21. The molecule has 0 amide bonds. The second kappa shape index (κ2) is 4.66. The summed E-state index contributed by atoms with van der Waals surface area (Å²) in [6.45, 7) is 1.00. The Labute approximate surface area is 99.1 Å². The first-order valence-corrected chi connectivity index (χ1v) is 7.19. The van der Waals surface area contributed by atoms with Crippen molar-refractivity contribution in [2.75, 3.05) is 13.7 Å². The van der Waals surface area contributed by atoms with E-state index in [4.69, 9.17) is 4.74 Å². The summed E-state index contributed by atoms with van der Waals surface area (Å²) in [7, 11) is 2.15. The van der Waals surface area contributed by atoms with Crippen molar-refractivity contribution in [2.24, 2.45) is 17.8 Å². The van der Waals surface area contributed by atoms with E-state index in [1.807, 2.05) is 0 Å². The summed E-state index contributed by atoms with van der Waals surface area (Å²) >= 11 is 0. The van der Waals surface area contributed by atoms with E-state index in [0.717, 1.165) is 30.4 Å². The highest BCUT2D eigenvalue weighted by Crippen LogP contribution is 2.59. The molecule has 4 atom stereocenters. The van der Waals surface area contributed by atoms with E-state index >= 15 is 0 Å². The molecule has 0 aromatic heterocycles. The van der Waals surface area contributed by atoms with Gasteiger partial charge in [0.05, 0.1) is 6.10 Å². The van der Waals surface area contributed by atoms with Crippen molar-refractivity contribution in [3.63, 3.8) is 0 Å². The van der Waals surface area contributed by atoms with Gasteiger partial charge in [-0.15, -0.1) is 0 Å². The van der Waals surface area contributed by atoms with E-state index < -0.39 is 0 Å². The van der Waals surface area contributed by atoms with Crippen molar-refractivity contribution in [3.8, 4) is 0 Å². The average Bonchev–Trinajstić information content (AvgIpc) is 2.79. The second-order valence-corrected chi connectivity index (χ2v) is 5.94. The van der Waals surface area contributed by atoms with Crippen molar-refractivity contribution in [2.45, 2.75) is 57.1 Å². The van der Waals surface area contributed by atoms with Crippen LogP contribution >= 0.6 is 0 Å². The van der Waals surface area contributed by atoms with Gasteiger partial charge in [0.1, 0.15) is 0 Å². The summed E-state index contributed by atoms with van der Waals surface area (Å²) in [4.78, 5) is 0. The third kappa shape index (κ3) is 2.02. The summed E-state index contributed by atoms with van der Waals surface area (Å²) in [5.74, 6) is 3.18. The first-order valence-electron chi connectivity index (χ1n) is 7.19. The summed E-state index contributed by atoms with van der Waals surface area (Å²) in [5.41, 5.74) is 0. The third-order valence-corrected chi connectivity index (χ3v) is 5.13. The lowest BCUT2D eigenvalue weighted by molar-refractivity contribution is 0.0986. The minimum Gasteiger partial charge on any atom is -0.378 e. The summed E-state index contributed by atoms with van der Waals surface area (Å²) in [6.07, 6.45) is 10.3. The maximum Gasteiger partial charge on any atom is 0.0576 e. The normalized spacial score (nSPS) is 43.3. The van der Waals surface area contributed by atoms with Crippen LogP contribution in [-0.2, 0) is 4.74 Å². The molecule has 0 aromatic carbocycles. The molecule has 1 aliphatic heterocycles. The molecular weight excluding hydrogens is 198 g/mol. The van der Waals surface area contributed by atoms with Gasteiger partial charge < -0.3 is 10.1 Å². The van der Waals surface area contributed by atoms with Crippen LogP contribution in [0.1, 0.15) is 44.9 Å². The molecule has 3 rings (SSSR count). The number of fused-ring (bicyclic) bond motifs is 1. The molecule has 1 N–H and O–H groups in total. The Morgan fingerprint density at radius 2 is 2.00 bits per heavy atom. The predicted octanol–water partition coefficient (Wildman–Crippen LogP) is 2.58. The van der Waals surface area contributed by atoms with Crippen LogP contribution in [0.4, 0.5) is 0 Å². The molecule has 92 valence electrons. The van der Waals surface area contributed by atoms with Gasteiger partial charge in [-0.05, 0) is 63.3 Å². The lowest BCUT2D eigenvalue weighted by Gasteiger charge is -2.20. The van der Waals surface area contributed by atoms with E-state index in [-0.39, 0.29) is 0 Å². The van der Waals surface area contributed by atoms with Gasteiger partial charge in [-0.25, -0.2) is 0 Å². The van der Waals surface area contributed by atoms with Crippen LogP contribution in [-0.4, -0.2) is 25.8 Å². The average molecular weight is 223 g/mol. The molecule has 2 nitrogen and oxygen atoms in total. The molecule has 2 aliphatic carbocycles. The number of nitrogens with one attached hydrogen (secondary N) is 1. The van der Waals surface area contributed by atoms with E-state index in [2.05, 4.69) is 12.4 Å². The number of rotatable bonds is 5. The SMILES string of the molecule is CNC(CCC1CCCO1)C1C2CCCC21. The maximum absolute atomic E-state index is 5.71. The van der Waals surface area contributed by atoms with Crippen LogP contribution in [0.3, 0.4) is 0 Å². The van der Waals surface area contributed by atoms with E-state index in [1.165, 1.54) is 44.9 Å². The summed E-state index contributed by atoms with van der Waals surface area (Å²) in [6, 6.07) is 0.777. The van der Waals surface area contributed by atoms with Crippen molar-refractivity contribution >= 4 is 0 Å². The topological polar surface area (TPSA) is 21.3 Å². The van der Waals surface area contributed by atoms with Crippen molar-refractivity contribution in [1.29, 1.82) is 0 Å². The molecule has 0 spiro atoms. The standard InChI is InChI=1S/C14H25NO/c1-15-13(8-7-10-4-3-9-16-10)14-11-5-2-6-12(11)14/h10-15H,2-9H2,1H3. The highest BCUT2D eigenvalue weighted by Gasteiger charge is 2.55. The molecule has 16 heavy (non-hydrogen) atoms. The summed E-state index contributed by atoms with van der Waals surface area (Å²) < 4.78 is 5.71. The first-order chi connectivity index (χ1) is 7.90. The molecular formula is C14H25NO. The van der Waals surface area contributed by atoms with Gasteiger partial charge in [-0.2, -0.15) is 0 Å². The Balaban J connectivity index is 1.45. The van der Waals surface area contributed by atoms with Gasteiger partial charge in [0, 0.05) is 12.6 Å². The van der Waals surface area contributed by atoms with Gasteiger partial charge in [0.25, 0.3) is 0 Å². The fourth-order valence-electron chi connectivity index (χ4n) is 4.24. The predicted molar refractivity (Wildman–Crippen MR) is 65.4 cm³/mol. The van der Waals surface area contributed by atoms with E-state index in [0.29, 0.717) is 6.10 Å². The highest BCUT2D eigenvalue weighted by atomic mass is 16.5. The van der Waals surface area contributed by atoms with Crippen LogP contribution in [0.5, 0.6) is 0 Å². The largest absolute Gasteiger partial charge is 0.378 e. The lowest BCUT2D eigenvalue weighted by Crippen LogP contribution is -2.30. The molecule has 4 unspecified atom stereocenters. The smallest absolute Gasteiger partial charge is 0.0576 e. The van der Waals surface area contributed by atoms with Crippen LogP contribution in [0.25, 0.3) is 0 Å². The third-order valence-electron chi connectivity index (χ3n) is 5.13. The zero-order chi connectivity index (χ0) is 11.0.